The van der Waals surface area contributed by atoms with Crippen molar-refractivity contribution in [2.45, 2.75) is 20.0 Å². The first-order valence-electron chi connectivity index (χ1n) is 9.60. The van der Waals surface area contributed by atoms with Crippen LogP contribution in [0.15, 0.2) is 64.6 Å². The molecule has 9 nitrogen and oxygen atoms in total. The van der Waals surface area contributed by atoms with Gasteiger partial charge in [-0.05, 0) is 42.3 Å². The second-order valence-electron chi connectivity index (χ2n) is 7.11. The summed E-state index contributed by atoms with van der Waals surface area (Å²) in [6, 6.07) is 9.53. The number of rotatable bonds is 6. The Bertz CT molecular complexity index is 1440. The molecule has 2 N–H and O–H groups in total. The van der Waals surface area contributed by atoms with Crippen LogP contribution in [0.1, 0.15) is 36.7 Å². The quantitative estimate of drug-likeness (QED) is 0.463. The standard InChI is InChI=1S/C22H18N4O5S/c1-13-19(28)25(11-15-2-4-16(5-3-15)21(29)30)22(31)26-12-17(32-20(13)26)18(27)24-10-14-6-8-23-9-7-14/h2-9,12H,10-11H2,1H3,(H,24,27)(H,29,30). The molecule has 0 saturated heterocycles. The highest BCUT2D eigenvalue weighted by Crippen LogP contribution is 2.18. The van der Waals surface area contributed by atoms with Crippen LogP contribution in [0.5, 0.6) is 0 Å². The Balaban J connectivity index is 1.64. The normalized spacial score (nSPS) is 10.9. The van der Waals surface area contributed by atoms with Crippen molar-refractivity contribution in [2.24, 2.45) is 0 Å². The molecule has 4 aromatic rings. The monoisotopic (exact) mass is 450 g/mol. The van der Waals surface area contributed by atoms with E-state index in [1.54, 1.807) is 43.6 Å². The minimum atomic E-state index is -1.06. The fourth-order valence-corrected chi connectivity index (χ4v) is 4.22. The highest BCUT2D eigenvalue weighted by atomic mass is 32.1. The lowest BCUT2D eigenvalue weighted by Gasteiger charge is -2.08. The summed E-state index contributed by atoms with van der Waals surface area (Å²) in [5, 5.41) is 11.8. The molecular formula is C22H18N4O5S. The number of aromatic nitrogens is 3. The second-order valence-corrected chi connectivity index (χ2v) is 8.14. The molecule has 3 heterocycles. The Labute approximate surface area is 185 Å². The predicted octanol–water partition coefficient (Wildman–Crippen LogP) is 1.90. The number of fused-ring (bicyclic) bond motifs is 1. The number of nitrogens with zero attached hydrogens (tertiary/aromatic N) is 3. The van der Waals surface area contributed by atoms with Crippen LogP contribution < -0.4 is 16.6 Å². The Hall–Kier alpha value is -4.05. The number of amides is 1. The molecule has 0 radical (unpaired) electrons. The average molecular weight is 450 g/mol. The maximum Gasteiger partial charge on any atom is 0.336 e. The van der Waals surface area contributed by atoms with Gasteiger partial charge in [-0.25, -0.2) is 9.59 Å². The third kappa shape index (κ3) is 4.08. The third-order valence-corrected chi connectivity index (χ3v) is 6.17. The van der Waals surface area contributed by atoms with E-state index in [2.05, 4.69) is 10.3 Å². The lowest BCUT2D eigenvalue weighted by atomic mass is 10.1. The first-order valence-corrected chi connectivity index (χ1v) is 10.4. The minimum Gasteiger partial charge on any atom is -0.478 e. The number of aryl methyl sites for hydroxylation is 1. The molecule has 0 saturated carbocycles. The van der Waals surface area contributed by atoms with Crippen LogP contribution in [-0.2, 0) is 13.1 Å². The largest absolute Gasteiger partial charge is 0.478 e. The van der Waals surface area contributed by atoms with Crippen LogP contribution in [0.4, 0.5) is 0 Å². The van der Waals surface area contributed by atoms with Crippen molar-refractivity contribution in [3.63, 3.8) is 0 Å². The Morgan fingerprint density at radius 3 is 2.41 bits per heavy atom. The lowest BCUT2D eigenvalue weighted by Crippen LogP contribution is -2.38. The van der Waals surface area contributed by atoms with Gasteiger partial charge < -0.3 is 10.4 Å². The molecule has 0 aliphatic carbocycles. The molecule has 0 bridgehead atoms. The number of nitrogens with one attached hydrogen (secondary N) is 1. The van der Waals surface area contributed by atoms with Gasteiger partial charge in [0.1, 0.15) is 9.71 Å². The van der Waals surface area contributed by atoms with Crippen LogP contribution in [0.3, 0.4) is 0 Å². The summed E-state index contributed by atoms with van der Waals surface area (Å²) < 4.78 is 2.37. The topological polar surface area (TPSA) is 123 Å². The van der Waals surface area contributed by atoms with Gasteiger partial charge in [0.2, 0.25) is 0 Å². The Morgan fingerprint density at radius 1 is 1.06 bits per heavy atom. The van der Waals surface area contributed by atoms with Gasteiger partial charge in [0.15, 0.2) is 0 Å². The van der Waals surface area contributed by atoms with E-state index < -0.39 is 17.2 Å². The van der Waals surface area contributed by atoms with E-state index in [1.807, 2.05) is 0 Å². The van der Waals surface area contributed by atoms with E-state index in [0.717, 1.165) is 21.5 Å². The van der Waals surface area contributed by atoms with Crippen LogP contribution in [0, 0.1) is 6.92 Å². The van der Waals surface area contributed by atoms with Crippen LogP contribution in [-0.4, -0.2) is 30.9 Å². The molecule has 0 fully saturated rings. The van der Waals surface area contributed by atoms with Crippen LogP contribution >= 0.6 is 11.3 Å². The molecule has 0 atom stereocenters. The van der Waals surface area contributed by atoms with E-state index in [1.165, 1.54) is 22.7 Å². The van der Waals surface area contributed by atoms with Gasteiger partial charge >= 0.3 is 11.7 Å². The second kappa shape index (κ2) is 8.60. The molecule has 32 heavy (non-hydrogen) atoms. The summed E-state index contributed by atoms with van der Waals surface area (Å²) >= 11 is 1.08. The van der Waals surface area contributed by atoms with Crippen molar-refractivity contribution in [3.05, 3.63) is 103 Å². The summed E-state index contributed by atoms with van der Waals surface area (Å²) in [5.74, 6) is -1.41. The van der Waals surface area contributed by atoms with Gasteiger partial charge in [-0.3, -0.25) is 23.5 Å². The fraction of sp³-hybridized carbons (Fsp3) is 0.136. The molecule has 1 aromatic carbocycles. The number of carbonyl (C=O) groups is 2. The molecule has 4 rings (SSSR count). The average Bonchev–Trinajstić information content (AvgIpc) is 3.26. The van der Waals surface area contributed by atoms with Crippen molar-refractivity contribution < 1.29 is 14.7 Å². The SMILES string of the molecule is Cc1c(=O)n(Cc2ccc(C(=O)O)cc2)c(=O)n2cc(C(=O)NCc3ccncc3)sc12. The van der Waals surface area contributed by atoms with Crippen molar-refractivity contribution in [1.29, 1.82) is 0 Å². The summed E-state index contributed by atoms with van der Waals surface area (Å²) in [4.78, 5) is 54.1. The molecule has 1 amide bonds. The van der Waals surface area contributed by atoms with Crippen molar-refractivity contribution in [3.8, 4) is 0 Å². The number of hydrogen-bond acceptors (Lipinski definition) is 6. The van der Waals surface area contributed by atoms with E-state index in [9.17, 15) is 19.2 Å². The summed E-state index contributed by atoms with van der Waals surface area (Å²) in [7, 11) is 0. The number of aromatic carboxylic acids is 1. The molecular weight excluding hydrogens is 432 g/mol. The smallest absolute Gasteiger partial charge is 0.336 e. The van der Waals surface area contributed by atoms with Crippen LogP contribution in [0.25, 0.3) is 4.83 Å². The number of pyridine rings is 1. The molecule has 0 unspecified atom stereocenters. The zero-order valence-electron chi connectivity index (χ0n) is 16.9. The number of hydrogen-bond donors (Lipinski definition) is 2. The van der Waals surface area contributed by atoms with E-state index in [-0.39, 0.29) is 18.0 Å². The number of benzene rings is 1. The van der Waals surface area contributed by atoms with Gasteiger partial charge in [0.25, 0.3) is 11.5 Å². The summed E-state index contributed by atoms with van der Waals surface area (Å²) in [5.41, 5.74) is 0.940. The minimum absolute atomic E-state index is 0.0131. The Morgan fingerprint density at radius 2 is 1.75 bits per heavy atom. The van der Waals surface area contributed by atoms with E-state index >= 15 is 0 Å². The molecule has 0 aliphatic heterocycles. The van der Waals surface area contributed by atoms with Gasteiger partial charge in [-0.2, -0.15) is 0 Å². The van der Waals surface area contributed by atoms with Gasteiger partial charge in [-0.1, -0.05) is 12.1 Å². The molecule has 0 aliphatic rings. The van der Waals surface area contributed by atoms with E-state index in [0.29, 0.717) is 27.4 Å². The number of thiazole rings is 1. The first kappa shape index (κ1) is 21.2. The molecule has 0 spiro atoms. The fourth-order valence-electron chi connectivity index (χ4n) is 3.22. The van der Waals surface area contributed by atoms with Crippen molar-refractivity contribution in [2.75, 3.05) is 0 Å². The van der Waals surface area contributed by atoms with Gasteiger partial charge in [-0.15, -0.1) is 11.3 Å². The Kier molecular flexibility index (Phi) is 5.69. The molecule has 10 heteroatoms. The summed E-state index contributed by atoms with van der Waals surface area (Å²) in [6.45, 7) is 1.90. The number of carbonyl (C=O) groups excluding carboxylic acids is 1. The lowest BCUT2D eigenvalue weighted by molar-refractivity contribution is 0.0696. The van der Waals surface area contributed by atoms with Gasteiger partial charge in [0.05, 0.1) is 12.1 Å². The van der Waals surface area contributed by atoms with Crippen LogP contribution in [0.2, 0.25) is 0 Å². The molecule has 3 aromatic heterocycles. The zero-order valence-corrected chi connectivity index (χ0v) is 17.8. The number of carboxylic acid groups (broad SMARTS) is 1. The maximum absolute atomic E-state index is 13.0. The van der Waals surface area contributed by atoms with Crippen molar-refractivity contribution in [1.82, 2.24) is 19.3 Å². The third-order valence-electron chi connectivity index (χ3n) is 4.96. The van der Waals surface area contributed by atoms with Gasteiger partial charge in [0, 0.05) is 30.7 Å². The highest BCUT2D eigenvalue weighted by molar-refractivity contribution is 7.19. The number of carboxylic acids is 1. The highest BCUT2D eigenvalue weighted by Gasteiger charge is 2.18. The molecule has 162 valence electrons. The van der Waals surface area contributed by atoms with E-state index in [4.69, 9.17) is 5.11 Å². The van der Waals surface area contributed by atoms with Crippen molar-refractivity contribution >= 4 is 28.0 Å². The summed E-state index contributed by atoms with van der Waals surface area (Å²) in [6.07, 6.45) is 4.70. The first-order chi connectivity index (χ1) is 15.3. The zero-order chi connectivity index (χ0) is 22.8. The predicted molar refractivity (Wildman–Crippen MR) is 118 cm³/mol. The maximum atomic E-state index is 13.0.